The van der Waals surface area contributed by atoms with Crippen molar-refractivity contribution in [1.82, 2.24) is 9.88 Å². The van der Waals surface area contributed by atoms with Gasteiger partial charge < -0.3 is 15.4 Å². The Bertz CT molecular complexity index is 902. The highest BCUT2D eigenvalue weighted by Crippen LogP contribution is 2.53. The molecule has 1 amide bonds. The zero-order valence-electron chi connectivity index (χ0n) is 14.8. The lowest BCUT2D eigenvalue weighted by molar-refractivity contribution is -0.150. The monoisotopic (exact) mass is 366 g/mol. The van der Waals surface area contributed by atoms with E-state index in [9.17, 15) is 19.6 Å². The van der Waals surface area contributed by atoms with Gasteiger partial charge in [0.2, 0.25) is 5.91 Å². The molecule has 2 aliphatic heterocycles. The summed E-state index contributed by atoms with van der Waals surface area (Å²) < 4.78 is 4.97. The van der Waals surface area contributed by atoms with Gasteiger partial charge in [0.25, 0.3) is 0 Å². The Morgan fingerprint density at radius 1 is 1.41 bits per heavy atom. The van der Waals surface area contributed by atoms with Gasteiger partial charge in [-0.05, 0) is 24.6 Å². The number of nitriles is 1. The minimum atomic E-state index is -1.69. The van der Waals surface area contributed by atoms with Crippen LogP contribution in [0.4, 0.5) is 0 Å². The molecule has 1 aromatic heterocycles. The van der Waals surface area contributed by atoms with Gasteiger partial charge in [0, 0.05) is 24.5 Å². The van der Waals surface area contributed by atoms with Crippen molar-refractivity contribution in [2.45, 2.75) is 24.9 Å². The quantitative estimate of drug-likeness (QED) is 0.766. The summed E-state index contributed by atoms with van der Waals surface area (Å²) in [5.74, 6) is -2.51. The van der Waals surface area contributed by atoms with Crippen LogP contribution in [0, 0.1) is 16.7 Å². The molecule has 8 heteroatoms. The Hall–Kier alpha value is -3.47. The molecule has 1 aromatic rings. The number of aromatic nitrogens is 1. The third-order valence-electron chi connectivity index (χ3n) is 5.11. The van der Waals surface area contributed by atoms with Crippen LogP contribution in [-0.2, 0) is 19.1 Å². The molecule has 2 aliphatic rings. The van der Waals surface area contributed by atoms with E-state index in [0.717, 1.165) is 0 Å². The summed E-state index contributed by atoms with van der Waals surface area (Å²) in [6, 6.07) is 3.84. The summed E-state index contributed by atoms with van der Waals surface area (Å²) in [7, 11) is 1.20. The number of carbonyl (C=O) groups is 3. The molecule has 4 atom stereocenters. The molecule has 0 spiro atoms. The molecule has 2 N–H and O–H groups in total. The number of hydrogen-bond acceptors (Lipinski definition) is 7. The van der Waals surface area contributed by atoms with E-state index in [1.807, 2.05) is 0 Å². The van der Waals surface area contributed by atoms with E-state index in [1.54, 1.807) is 29.3 Å². The van der Waals surface area contributed by atoms with Gasteiger partial charge in [-0.15, -0.1) is 0 Å². The molecule has 1 saturated heterocycles. The second-order valence-electron chi connectivity index (χ2n) is 6.49. The number of nitrogens with two attached hydrogens (primary N) is 1. The summed E-state index contributed by atoms with van der Waals surface area (Å²) in [5.41, 5.74) is 4.41. The van der Waals surface area contributed by atoms with Crippen LogP contribution in [0.15, 0.2) is 48.5 Å². The van der Waals surface area contributed by atoms with Gasteiger partial charge in [0.05, 0.1) is 30.8 Å². The second kappa shape index (κ2) is 6.68. The minimum Gasteiger partial charge on any atom is -0.468 e. The first-order valence-electron chi connectivity index (χ1n) is 8.25. The lowest BCUT2D eigenvalue weighted by atomic mass is 9.68. The fourth-order valence-electron chi connectivity index (χ4n) is 4.02. The van der Waals surface area contributed by atoms with Crippen LogP contribution < -0.4 is 5.73 Å². The molecule has 27 heavy (non-hydrogen) atoms. The zero-order valence-corrected chi connectivity index (χ0v) is 14.8. The number of fused-ring (bicyclic) bond motifs is 1. The van der Waals surface area contributed by atoms with Gasteiger partial charge in [-0.1, -0.05) is 12.1 Å². The molecular formula is C19H18N4O4. The van der Waals surface area contributed by atoms with Crippen LogP contribution >= 0.6 is 0 Å². The standard InChI is InChI=1S/C19H18N4O4/c1-11(24)16-15(12-4-3-7-22-8-12)19(10-20,18(26)27-2)14-6-5-13(17(21)25)9-23(14)16/h3-9,14-16H,1-2H3,(H2,21,25)/t14-,15+,16+,19-/m0/s1. The number of carbonyl (C=O) groups excluding carboxylic acids is 3. The third kappa shape index (κ3) is 2.59. The summed E-state index contributed by atoms with van der Waals surface area (Å²) in [6.07, 6.45) is 7.53. The highest BCUT2D eigenvalue weighted by Gasteiger charge is 2.66. The van der Waals surface area contributed by atoms with Gasteiger partial charge in [-0.2, -0.15) is 5.26 Å². The van der Waals surface area contributed by atoms with Crippen LogP contribution in [0.25, 0.3) is 0 Å². The van der Waals surface area contributed by atoms with Crippen molar-refractivity contribution in [3.8, 4) is 6.07 Å². The van der Waals surface area contributed by atoms with E-state index in [4.69, 9.17) is 10.5 Å². The van der Waals surface area contributed by atoms with Crippen LogP contribution in [-0.4, -0.2) is 46.7 Å². The highest BCUT2D eigenvalue weighted by molar-refractivity contribution is 5.96. The van der Waals surface area contributed by atoms with Crippen molar-refractivity contribution in [3.05, 3.63) is 54.0 Å². The van der Waals surface area contributed by atoms with E-state index in [1.165, 1.54) is 32.5 Å². The number of amides is 1. The first kappa shape index (κ1) is 18.3. The van der Waals surface area contributed by atoms with Crippen molar-refractivity contribution in [2.24, 2.45) is 11.1 Å². The lowest BCUT2D eigenvalue weighted by Crippen LogP contribution is -2.45. The molecule has 3 heterocycles. The van der Waals surface area contributed by atoms with E-state index in [2.05, 4.69) is 11.1 Å². The molecule has 0 aliphatic carbocycles. The second-order valence-corrected chi connectivity index (χ2v) is 6.49. The minimum absolute atomic E-state index is 0.182. The maximum absolute atomic E-state index is 12.8. The fraction of sp³-hybridized carbons (Fsp3) is 0.316. The van der Waals surface area contributed by atoms with Crippen molar-refractivity contribution < 1.29 is 19.1 Å². The number of pyridine rings is 1. The number of rotatable bonds is 4. The third-order valence-corrected chi connectivity index (χ3v) is 5.11. The van der Waals surface area contributed by atoms with E-state index >= 15 is 0 Å². The largest absolute Gasteiger partial charge is 0.468 e. The first-order valence-corrected chi connectivity index (χ1v) is 8.25. The first-order chi connectivity index (χ1) is 12.9. The van der Waals surface area contributed by atoms with Crippen molar-refractivity contribution in [1.29, 1.82) is 5.26 Å². The van der Waals surface area contributed by atoms with Crippen molar-refractivity contribution in [3.63, 3.8) is 0 Å². The van der Waals surface area contributed by atoms with E-state index in [0.29, 0.717) is 5.56 Å². The smallest absolute Gasteiger partial charge is 0.329 e. The Balaban J connectivity index is 2.29. The van der Waals surface area contributed by atoms with Gasteiger partial charge in [-0.3, -0.25) is 19.4 Å². The summed E-state index contributed by atoms with van der Waals surface area (Å²) in [5, 5.41) is 10.1. The number of ether oxygens (including phenoxy) is 1. The van der Waals surface area contributed by atoms with Gasteiger partial charge in [-0.25, -0.2) is 0 Å². The maximum atomic E-state index is 12.8. The molecule has 0 saturated carbocycles. The highest BCUT2D eigenvalue weighted by atomic mass is 16.5. The molecule has 0 bridgehead atoms. The molecule has 1 fully saturated rings. The Morgan fingerprint density at radius 3 is 2.67 bits per heavy atom. The van der Waals surface area contributed by atoms with Crippen LogP contribution in [0.2, 0.25) is 0 Å². The SMILES string of the molecule is COC(=O)[C@]1(C#N)[C@H](c2cccnc2)[C@@H](C(C)=O)N2C=C(C(N)=O)C=C[C@H]21. The number of esters is 1. The number of hydrogen-bond donors (Lipinski definition) is 1. The van der Waals surface area contributed by atoms with Gasteiger partial charge in [0.15, 0.2) is 11.2 Å². The number of nitrogens with zero attached hydrogens (tertiary/aromatic N) is 3. The molecule has 8 nitrogen and oxygen atoms in total. The topological polar surface area (TPSA) is 126 Å². The number of primary amides is 1. The summed E-state index contributed by atoms with van der Waals surface area (Å²) in [4.78, 5) is 42.7. The van der Waals surface area contributed by atoms with E-state index < -0.39 is 35.3 Å². The average Bonchev–Trinajstić information content (AvgIpc) is 2.98. The molecule has 0 aromatic carbocycles. The molecule has 138 valence electrons. The molecule has 3 rings (SSSR count). The van der Waals surface area contributed by atoms with Crippen molar-refractivity contribution >= 4 is 17.7 Å². The lowest BCUT2D eigenvalue weighted by Gasteiger charge is -2.32. The molecule has 0 unspecified atom stereocenters. The Labute approximate surface area is 155 Å². The van der Waals surface area contributed by atoms with E-state index in [-0.39, 0.29) is 11.4 Å². The van der Waals surface area contributed by atoms with Crippen LogP contribution in [0.3, 0.4) is 0 Å². The van der Waals surface area contributed by atoms with Gasteiger partial charge >= 0.3 is 5.97 Å². The molecule has 0 radical (unpaired) electrons. The predicted octanol–water partition coefficient (Wildman–Crippen LogP) is 0.429. The Morgan fingerprint density at radius 2 is 2.15 bits per heavy atom. The fourth-order valence-corrected chi connectivity index (χ4v) is 4.02. The number of Topliss-reactive ketones (excluding diaryl/α,β-unsaturated/α-hetero) is 1. The number of methoxy groups -OCH3 is 1. The average molecular weight is 366 g/mol. The van der Waals surface area contributed by atoms with Crippen LogP contribution in [0.5, 0.6) is 0 Å². The van der Waals surface area contributed by atoms with Gasteiger partial charge in [0.1, 0.15) is 0 Å². The zero-order chi connectivity index (χ0) is 19.8. The number of ketones is 1. The summed E-state index contributed by atoms with van der Waals surface area (Å²) in [6.45, 7) is 1.38. The van der Waals surface area contributed by atoms with Crippen molar-refractivity contribution in [2.75, 3.05) is 7.11 Å². The van der Waals surface area contributed by atoms with Crippen LogP contribution in [0.1, 0.15) is 18.4 Å². The maximum Gasteiger partial charge on any atom is 0.329 e. The predicted molar refractivity (Wildman–Crippen MR) is 93.6 cm³/mol. The normalized spacial score (nSPS) is 28.7. The molecular weight excluding hydrogens is 348 g/mol. The Kier molecular flexibility index (Phi) is 4.54. The summed E-state index contributed by atoms with van der Waals surface area (Å²) >= 11 is 0.